The third kappa shape index (κ3) is 2.70. The highest BCUT2D eigenvalue weighted by molar-refractivity contribution is 6.01. The molecule has 0 aromatic carbocycles. The van der Waals surface area contributed by atoms with Gasteiger partial charge in [-0.3, -0.25) is 4.79 Å². The minimum Gasteiger partial charge on any atom is -0.273 e. The van der Waals surface area contributed by atoms with Gasteiger partial charge in [-0.2, -0.15) is 4.99 Å². The fraction of sp³-hybridized carbons (Fsp3) is 0.333. The number of allylic oxidation sites excluding steroid dienone is 2. The lowest BCUT2D eigenvalue weighted by Gasteiger charge is -1.99. The lowest BCUT2D eigenvalue weighted by atomic mass is 10.3. The second kappa shape index (κ2) is 4.49. The maximum Gasteiger partial charge on any atom is 0.247 e. The van der Waals surface area contributed by atoms with E-state index in [4.69, 9.17) is 0 Å². The SMILES string of the molecule is CCCC(=O)N=C1C=CC=C[N]1. The molecule has 1 aliphatic rings. The van der Waals surface area contributed by atoms with Crippen LogP contribution in [0.3, 0.4) is 0 Å². The van der Waals surface area contributed by atoms with Gasteiger partial charge in [-0.25, -0.2) is 5.32 Å². The van der Waals surface area contributed by atoms with Gasteiger partial charge in [0.2, 0.25) is 5.91 Å². The van der Waals surface area contributed by atoms with Crippen LogP contribution < -0.4 is 5.32 Å². The number of amides is 1. The number of carbonyl (C=O) groups is 1. The van der Waals surface area contributed by atoms with Crippen LogP contribution in [0.2, 0.25) is 0 Å². The lowest BCUT2D eigenvalue weighted by molar-refractivity contribution is -0.117. The van der Waals surface area contributed by atoms with Crippen LogP contribution in [-0.2, 0) is 4.79 Å². The maximum atomic E-state index is 11.0. The van der Waals surface area contributed by atoms with Gasteiger partial charge in [0.05, 0.1) is 0 Å². The van der Waals surface area contributed by atoms with Crippen LogP contribution in [0.1, 0.15) is 19.8 Å². The van der Waals surface area contributed by atoms with E-state index in [0.29, 0.717) is 12.3 Å². The number of amidine groups is 1. The first kappa shape index (κ1) is 8.71. The molecule has 1 radical (unpaired) electrons. The molecule has 3 nitrogen and oxygen atoms in total. The van der Waals surface area contributed by atoms with E-state index < -0.39 is 0 Å². The minimum atomic E-state index is -0.101. The summed E-state index contributed by atoms with van der Waals surface area (Å²) in [5.41, 5.74) is 0. The molecular formula is C9H11N2O. The van der Waals surface area contributed by atoms with Crippen LogP contribution in [0.15, 0.2) is 29.4 Å². The van der Waals surface area contributed by atoms with Crippen molar-refractivity contribution in [1.29, 1.82) is 0 Å². The molecule has 1 rings (SSSR count). The van der Waals surface area contributed by atoms with E-state index in [2.05, 4.69) is 10.3 Å². The summed E-state index contributed by atoms with van der Waals surface area (Å²) in [6.07, 6.45) is 8.27. The number of carbonyl (C=O) groups excluding carboxylic acids is 1. The smallest absolute Gasteiger partial charge is 0.247 e. The van der Waals surface area contributed by atoms with E-state index in [1.165, 1.54) is 0 Å². The topological polar surface area (TPSA) is 43.5 Å². The highest BCUT2D eigenvalue weighted by Crippen LogP contribution is 1.94. The molecule has 3 heteroatoms. The molecule has 0 unspecified atom stereocenters. The zero-order valence-corrected chi connectivity index (χ0v) is 7.03. The number of hydrogen-bond donors (Lipinski definition) is 0. The molecule has 0 aromatic rings. The lowest BCUT2D eigenvalue weighted by Crippen LogP contribution is -2.11. The molecule has 1 aliphatic heterocycles. The molecule has 0 saturated heterocycles. The first-order valence-electron chi connectivity index (χ1n) is 3.98. The van der Waals surface area contributed by atoms with Crippen LogP contribution in [0, 0.1) is 0 Å². The molecule has 0 spiro atoms. The molecule has 0 fully saturated rings. The van der Waals surface area contributed by atoms with Crippen molar-refractivity contribution < 1.29 is 4.79 Å². The Bertz CT molecular complexity index is 251. The summed E-state index contributed by atoms with van der Waals surface area (Å²) >= 11 is 0. The molecule has 0 atom stereocenters. The molecule has 1 amide bonds. The van der Waals surface area contributed by atoms with Gasteiger partial charge in [-0.05, 0) is 18.6 Å². The van der Waals surface area contributed by atoms with Gasteiger partial charge in [0.15, 0.2) is 5.84 Å². The Balaban J connectivity index is 2.51. The monoisotopic (exact) mass is 163 g/mol. The van der Waals surface area contributed by atoms with Gasteiger partial charge in [0.25, 0.3) is 0 Å². The molecule has 0 bridgehead atoms. The largest absolute Gasteiger partial charge is 0.273 e. The average Bonchev–Trinajstić information content (AvgIpc) is 2.06. The highest BCUT2D eigenvalue weighted by Gasteiger charge is 2.00. The Morgan fingerprint density at radius 1 is 1.58 bits per heavy atom. The van der Waals surface area contributed by atoms with Gasteiger partial charge in [0.1, 0.15) is 0 Å². The van der Waals surface area contributed by atoms with Crippen molar-refractivity contribution in [3.05, 3.63) is 24.4 Å². The van der Waals surface area contributed by atoms with Crippen LogP contribution in [0.25, 0.3) is 0 Å². The predicted octanol–water partition coefficient (Wildman–Crippen LogP) is 1.40. The second-order valence-corrected chi connectivity index (χ2v) is 2.44. The fourth-order valence-corrected chi connectivity index (χ4v) is 0.817. The van der Waals surface area contributed by atoms with Crippen molar-refractivity contribution in [2.75, 3.05) is 0 Å². The zero-order chi connectivity index (χ0) is 8.81. The van der Waals surface area contributed by atoms with Crippen molar-refractivity contribution in [3.8, 4) is 0 Å². The van der Waals surface area contributed by atoms with Gasteiger partial charge in [-0.1, -0.05) is 13.0 Å². The zero-order valence-electron chi connectivity index (χ0n) is 7.03. The standard InChI is InChI=1S/C9H11N2O/c1-2-5-9(12)11-8-6-3-4-7-10-8/h3-4,6-7H,2,5H2,1H3. The van der Waals surface area contributed by atoms with E-state index >= 15 is 0 Å². The third-order valence-electron chi connectivity index (χ3n) is 1.35. The number of nitrogens with zero attached hydrogens (tertiary/aromatic N) is 2. The van der Waals surface area contributed by atoms with Crippen molar-refractivity contribution in [2.24, 2.45) is 4.99 Å². The summed E-state index contributed by atoms with van der Waals surface area (Å²) in [5.74, 6) is 0.396. The first-order chi connectivity index (χ1) is 5.83. The van der Waals surface area contributed by atoms with Crippen molar-refractivity contribution in [3.63, 3.8) is 0 Å². The average molecular weight is 163 g/mol. The van der Waals surface area contributed by atoms with Crippen molar-refractivity contribution in [1.82, 2.24) is 5.32 Å². The van der Waals surface area contributed by atoms with Gasteiger partial charge in [-0.15, -0.1) is 0 Å². The Kier molecular flexibility index (Phi) is 3.26. The highest BCUT2D eigenvalue weighted by atomic mass is 16.1. The summed E-state index contributed by atoms with van der Waals surface area (Å²) in [5, 5.41) is 3.91. The minimum absolute atomic E-state index is 0.101. The number of aliphatic imine (C=N–C) groups is 1. The van der Waals surface area contributed by atoms with E-state index in [1.807, 2.05) is 13.0 Å². The molecule has 0 aliphatic carbocycles. The molecule has 63 valence electrons. The van der Waals surface area contributed by atoms with Crippen LogP contribution in [0.4, 0.5) is 0 Å². The Labute approximate surface area is 71.9 Å². The molecule has 0 aromatic heterocycles. The van der Waals surface area contributed by atoms with Crippen molar-refractivity contribution in [2.45, 2.75) is 19.8 Å². The van der Waals surface area contributed by atoms with Gasteiger partial charge >= 0.3 is 0 Å². The van der Waals surface area contributed by atoms with E-state index in [-0.39, 0.29) is 5.91 Å². The Morgan fingerprint density at radius 3 is 3.00 bits per heavy atom. The molecule has 12 heavy (non-hydrogen) atoms. The quantitative estimate of drug-likeness (QED) is 0.606. The van der Waals surface area contributed by atoms with E-state index in [0.717, 1.165) is 6.42 Å². The van der Waals surface area contributed by atoms with Gasteiger partial charge in [0, 0.05) is 12.6 Å². The Morgan fingerprint density at radius 2 is 2.42 bits per heavy atom. The first-order valence-corrected chi connectivity index (χ1v) is 3.98. The molecule has 0 saturated carbocycles. The fourth-order valence-electron chi connectivity index (χ4n) is 0.817. The summed E-state index contributed by atoms with van der Waals surface area (Å²) in [6.45, 7) is 1.95. The van der Waals surface area contributed by atoms with Gasteiger partial charge < -0.3 is 0 Å². The molecule has 1 heterocycles. The Hall–Kier alpha value is -1.38. The number of hydrogen-bond acceptors (Lipinski definition) is 1. The molecule has 0 N–H and O–H groups in total. The summed E-state index contributed by atoms with van der Waals surface area (Å²) in [7, 11) is 0. The number of rotatable bonds is 2. The summed E-state index contributed by atoms with van der Waals surface area (Å²) in [4.78, 5) is 14.8. The van der Waals surface area contributed by atoms with E-state index in [1.54, 1.807) is 18.4 Å². The summed E-state index contributed by atoms with van der Waals surface area (Å²) in [6, 6.07) is 0. The van der Waals surface area contributed by atoms with Crippen LogP contribution >= 0.6 is 0 Å². The normalized spacial score (nSPS) is 17.9. The second-order valence-electron chi connectivity index (χ2n) is 2.44. The van der Waals surface area contributed by atoms with Crippen LogP contribution in [-0.4, -0.2) is 11.7 Å². The van der Waals surface area contributed by atoms with Crippen LogP contribution in [0.5, 0.6) is 0 Å². The summed E-state index contributed by atoms with van der Waals surface area (Å²) < 4.78 is 0. The van der Waals surface area contributed by atoms with Crippen molar-refractivity contribution >= 4 is 11.7 Å². The maximum absolute atomic E-state index is 11.0. The van der Waals surface area contributed by atoms with E-state index in [9.17, 15) is 4.79 Å². The molecular weight excluding hydrogens is 152 g/mol. The predicted molar refractivity (Wildman–Crippen MR) is 47.8 cm³/mol. The third-order valence-corrected chi connectivity index (χ3v) is 1.35.